The van der Waals surface area contributed by atoms with E-state index in [9.17, 15) is 4.79 Å². The van der Waals surface area contributed by atoms with Crippen LogP contribution in [0.25, 0.3) is 0 Å². The fourth-order valence-electron chi connectivity index (χ4n) is 3.62. The van der Waals surface area contributed by atoms with Gasteiger partial charge >= 0.3 is 5.97 Å². The second-order valence-corrected chi connectivity index (χ2v) is 9.46. The number of carbonyl (C=O) groups excluding carboxylic acids is 1. The molecule has 3 rings (SSSR count). The van der Waals surface area contributed by atoms with Crippen LogP contribution in [-0.4, -0.2) is 28.3 Å². The van der Waals surface area contributed by atoms with E-state index in [1.54, 1.807) is 12.4 Å². The zero-order valence-electron chi connectivity index (χ0n) is 18.5. The summed E-state index contributed by atoms with van der Waals surface area (Å²) in [6.07, 6.45) is 6.11. The molecule has 1 atom stereocenters. The number of hydrogen-bond donors (Lipinski definition) is 0. The molecule has 2 aromatic rings. The molecule has 0 spiro atoms. The van der Waals surface area contributed by atoms with Gasteiger partial charge in [0.2, 0.25) is 0 Å². The molecule has 0 N–H and O–H groups in total. The molecule has 1 aromatic heterocycles. The molecular formula is C25H30N2O2S. The lowest BCUT2D eigenvalue weighted by Crippen LogP contribution is -2.23. The van der Waals surface area contributed by atoms with Crippen molar-refractivity contribution < 1.29 is 9.53 Å². The van der Waals surface area contributed by atoms with E-state index < -0.39 is 5.92 Å². The smallest absolute Gasteiger partial charge is 0.316 e. The van der Waals surface area contributed by atoms with Gasteiger partial charge in [0.25, 0.3) is 0 Å². The van der Waals surface area contributed by atoms with E-state index in [4.69, 9.17) is 4.74 Å². The maximum absolute atomic E-state index is 12.2. The molecule has 1 aliphatic heterocycles. The highest BCUT2D eigenvalue weighted by atomic mass is 32.2. The molecule has 0 saturated heterocycles. The molecule has 2 heterocycles. The van der Waals surface area contributed by atoms with Crippen molar-refractivity contribution in [3.63, 3.8) is 0 Å². The molecule has 0 aliphatic carbocycles. The number of benzene rings is 1. The SMILES string of the molecule is CCCC(C(=O)OCC)c1ncc(C#Cc2cc3c(cc2C)SCCC3(C)C)cn1. The Kier molecular flexibility index (Phi) is 7.20. The van der Waals surface area contributed by atoms with E-state index >= 15 is 0 Å². The minimum atomic E-state index is -0.417. The molecule has 1 aliphatic rings. The first-order valence-corrected chi connectivity index (χ1v) is 11.6. The van der Waals surface area contributed by atoms with Gasteiger partial charge in [0, 0.05) is 22.9 Å². The van der Waals surface area contributed by atoms with Gasteiger partial charge in [-0.25, -0.2) is 9.97 Å². The molecule has 0 bridgehead atoms. The highest BCUT2D eigenvalue weighted by Crippen LogP contribution is 2.42. The van der Waals surface area contributed by atoms with Crippen LogP contribution in [0.5, 0.6) is 0 Å². The van der Waals surface area contributed by atoms with E-state index in [2.05, 4.69) is 54.7 Å². The molecule has 0 amide bonds. The van der Waals surface area contributed by atoms with Gasteiger partial charge in [-0.3, -0.25) is 4.79 Å². The van der Waals surface area contributed by atoms with Gasteiger partial charge < -0.3 is 4.74 Å². The van der Waals surface area contributed by atoms with Gasteiger partial charge in [-0.2, -0.15) is 0 Å². The van der Waals surface area contributed by atoms with Crippen LogP contribution in [0.15, 0.2) is 29.4 Å². The predicted molar refractivity (Wildman–Crippen MR) is 122 cm³/mol. The quantitative estimate of drug-likeness (QED) is 0.477. The predicted octanol–water partition coefficient (Wildman–Crippen LogP) is 5.41. The lowest BCUT2D eigenvalue weighted by atomic mass is 9.80. The number of aromatic nitrogens is 2. The minimum Gasteiger partial charge on any atom is -0.465 e. The Morgan fingerprint density at radius 2 is 1.97 bits per heavy atom. The van der Waals surface area contributed by atoms with E-state index in [0.717, 1.165) is 17.5 Å². The Morgan fingerprint density at radius 3 is 2.63 bits per heavy atom. The van der Waals surface area contributed by atoms with Gasteiger partial charge in [-0.15, -0.1) is 11.8 Å². The first-order chi connectivity index (χ1) is 14.4. The number of esters is 1. The van der Waals surface area contributed by atoms with Crippen molar-refractivity contribution in [1.82, 2.24) is 9.97 Å². The third kappa shape index (κ3) is 5.05. The normalized spacial score (nSPS) is 15.5. The van der Waals surface area contributed by atoms with E-state index in [0.29, 0.717) is 18.9 Å². The summed E-state index contributed by atoms with van der Waals surface area (Å²) in [5.41, 5.74) is 4.54. The summed E-state index contributed by atoms with van der Waals surface area (Å²) >= 11 is 1.94. The van der Waals surface area contributed by atoms with Crippen LogP contribution in [0.4, 0.5) is 0 Å². The van der Waals surface area contributed by atoms with Crippen LogP contribution in [0, 0.1) is 18.8 Å². The van der Waals surface area contributed by atoms with E-state index in [-0.39, 0.29) is 11.4 Å². The van der Waals surface area contributed by atoms with Crippen LogP contribution in [-0.2, 0) is 14.9 Å². The maximum atomic E-state index is 12.2. The number of thioether (sulfide) groups is 1. The number of carbonyl (C=O) groups is 1. The molecule has 1 unspecified atom stereocenters. The van der Waals surface area contributed by atoms with E-state index in [1.165, 1.54) is 28.2 Å². The Bertz CT molecular complexity index is 971. The van der Waals surface area contributed by atoms with Crippen molar-refractivity contribution in [1.29, 1.82) is 0 Å². The Labute approximate surface area is 184 Å². The fraction of sp³-hybridized carbons (Fsp3) is 0.480. The molecule has 158 valence electrons. The Balaban J connectivity index is 1.84. The zero-order valence-corrected chi connectivity index (χ0v) is 19.4. The first-order valence-electron chi connectivity index (χ1n) is 10.6. The standard InChI is InChI=1S/C25H30N2O2S/c1-6-8-20(24(28)29-7-2)23-26-15-18(16-27-23)9-10-19-14-21-22(13-17(19)3)30-12-11-25(21,4)5/h13-16,20H,6-8,11-12H2,1-5H3. The monoisotopic (exact) mass is 422 g/mol. The molecule has 4 nitrogen and oxygen atoms in total. The molecular weight excluding hydrogens is 392 g/mol. The lowest BCUT2D eigenvalue weighted by Gasteiger charge is -2.32. The molecule has 0 saturated carbocycles. The van der Waals surface area contributed by atoms with Crippen molar-refractivity contribution in [2.24, 2.45) is 0 Å². The number of ether oxygens (including phenoxy) is 1. The van der Waals surface area contributed by atoms with Gasteiger partial charge in [-0.1, -0.05) is 39.0 Å². The summed E-state index contributed by atoms with van der Waals surface area (Å²) in [5.74, 6) is 7.49. The minimum absolute atomic E-state index is 0.177. The highest BCUT2D eigenvalue weighted by Gasteiger charge is 2.28. The van der Waals surface area contributed by atoms with Gasteiger partial charge in [-0.05, 0) is 61.1 Å². The van der Waals surface area contributed by atoms with Crippen LogP contribution in [0.2, 0.25) is 0 Å². The topological polar surface area (TPSA) is 52.1 Å². The molecule has 0 fully saturated rings. The molecule has 30 heavy (non-hydrogen) atoms. The molecule has 5 heteroatoms. The Morgan fingerprint density at radius 1 is 1.23 bits per heavy atom. The second-order valence-electron chi connectivity index (χ2n) is 8.32. The van der Waals surface area contributed by atoms with Crippen molar-refractivity contribution >= 4 is 17.7 Å². The third-order valence-corrected chi connectivity index (χ3v) is 6.57. The summed E-state index contributed by atoms with van der Waals surface area (Å²) in [5, 5.41) is 0. The Hall–Kier alpha value is -2.32. The number of fused-ring (bicyclic) bond motifs is 1. The van der Waals surface area contributed by atoms with Gasteiger partial charge in [0.05, 0.1) is 12.2 Å². The zero-order chi connectivity index (χ0) is 21.7. The van der Waals surface area contributed by atoms with Crippen molar-refractivity contribution in [2.75, 3.05) is 12.4 Å². The number of aryl methyl sites for hydroxylation is 1. The van der Waals surface area contributed by atoms with Crippen LogP contribution in [0.1, 0.15) is 81.0 Å². The average Bonchev–Trinajstić information content (AvgIpc) is 2.71. The maximum Gasteiger partial charge on any atom is 0.316 e. The second kappa shape index (κ2) is 9.66. The number of nitrogens with zero attached hydrogens (tertiary/aromatic N) is 2. The summed E-state index contributed by atoms with van der Waals surface area (Å²) < 4.78 is 5.17. The number of hydrogen-bond acceptors (Lipinski definition) is 5. The largest absolute Gasteiger partial charge is 0.465 e. The van der Waals surface area contributed by atoms with Crippen LogP contribution >= 0.6 is 11.8 Å². The summed E-state index contributed by atoms with van der Waals surface area (Å²) in [6, 6.07) is 4.51. The average molecular weight is 423 g/mol. The summed E-state index contributed by atoms with van der Waals surface area (Å²) in [7, 11) is 0. The summed E-state index contributed by atoms with van der Waals surface area (Å²) in [6.45, 7) is 10.9. The van der Waals surface area contributed by atoms with Crippen molar-refractivity contribution in [2.45, 2.75) is 70.1 Å². The highest BCUT2D eigenvalue weighted by molar-refractivity contribution is 7.99. The lowest BCUT2D eigenvalue weighted by molar-refractivity contribution is -0.145. The molecule has 0 radical (unpaired) electrons. The van der Waals surface area contributed by atoms with Crippen molar-refractivity contribution in [3.8, 4) is 11.8 Å². The first kappa shape index (κ1) is 22.4. The third-order valence-electron chi connectivity index (χ3n) is 5.51. The van der Waals surface area contributed by atoms with Gasteiger partial charge in [0.15, 0.2) is 0 Å². The van der Waals surface area contributed by atoms with Gasteiger partial charge in [0.1, 0.15) is 11.7 Å². The summed E-state index contributed by atoms with van der Waals surface area (Å²) in [4.78, 5) is 22.4. The fourth-order valence-corrected chi connectivity index (χ4v) is 5.20. The molecule has 1 aromatic carbocycles. The number of rotatable bonds is 5. The van der Waals surface area contributed by atoms with Crippen LogP contribution in [0.3, 0.4) is 0 Å². The van der Waals surface area contributed by atoms with Crippen molar-refractivity contribution in [3.05, 3.63) is 52.6 Å². The van der Waals surface area contributed by atoms with E-state index in [1.807, 2.05) is 25.6 Å². The van der Waals surface area contributed by atoms with Crippen LogP contribution < -0.4 is 0 Å².